The van der Waals surface area contributed by atoms with Crippen molar-refractivity contribution in [3.05, 3.63) is 0 Å². The first kappa shape index (κ1) is 16.7. The highest BCUT2D eigenvalue weighted by Crippen LogP contribution is 2.18. The second-order valence-electron chi connectivity index (χ2n) is 4.89. The molecule has 1 rings (SSSR count). The number of nitrogens with two attached hydrogens (primary N) is 1. The minimum atomic E-state index is -1.24. The Kier molecular flexibility index (Phi) is 6.44. The topological polar surface area (TPSA) is 142 Å². The summed E-state index contributed by atoms with van der Waals surface area (Å²) >= 11 is 0. The number of urea groups is 1. The molecule has 4 amide bonds. The number of carboxylic acid groups (broad SMARTS) is 1. The zero-order valence-electron chi connectivity index (χ0n) is 11.6. The third kappa shape index (κ3) is 7.75. The van der Waals surface area contributed by atoms with Crippen LogP contribution in [0.25, 0.3) is 0 Å². The second kappa shape index (κ2) is 8.08. The van der Waals surface area contributed by atoms with Crippen LogP contribution in [0.2, 0.25) is 0 Å². The fourth-order valence-corrected chi connectivity index (χ4v) is 1.63. The summed E-state index contributed by atoms with van der Waals surface area (Å²) in [6, 6.07) is -0.396. The summed E-state index contributed by atoms with van der Waals surface area (Å²) in [5.74, 6) is -2.10. The van der Waals surface area contributed by atoms with Gasteiger partial charge in [-0.15, -0.1) is 0 Å². The van der Waals surface area contributed by atoms with Crippen LogP contribution in [0.5, 0.6) is 0 Å². The van der Waals surface area contributed by atoms with Gasteiger partial charge in [-0.2, -0.15) is 0 Å². The monoisotopic (exact) mass is 300 g/mol. The minimum absolute atomic E-state index is 0.0636. The number of amides is 4. The van der Waals surface area contributed by atoms with E-state index in [2.05, 4.69) is 10.6 Å². The van der Waals surface area contributed by atoms with Crippen LogP contribution in [0.4, 0.5) is 4.79 Å². The van der Waals surface area contributed by atoms with Crippen LogP contribution in [0.3, 0.4) is 0 Å². The fraction of sp³-hybridized carbons (Fsp3) is 0.667. The van der Waals surface area contributed by atoms with E-state index in [-0.39, 0.29) is 18.9 Å². The molecule has 0 aromatic carbocycles. The summed E-state index contributed by atoms with van der Waals surface area (Å²) in [4.78, 5) is 45.3. The second-order valence-corrected chi connectivity index (χ2v) is 4.89. The van der Waals surface area contributed by atoms with Crippen LogP contribution in [0.1, 0.15) is 25.7 Å². The molecule has 5 N–H and O–H groups in total. The summed E-state index contributed by atoms with van der Waals surface area (Å²) in [5.41, 5.74) is 4.95. The fourth-order valence-electron chi connectivity index (χ4n) is 1.63. The van der Waals surface area contributed by atoms with Crippen LogP contribution in [-0.4, -0.2) is 59.5 Å². The largest absolute Gasteiger partial charge is 0.480 e. The highest BCUT2D eigenvalue weighted by atomic mass is 16.4. The smallest absolute Gasteiger partial charge is 0.323 e. The molecule has 0 spiro atoms. The molecule has 0 aliphatic heterocycles. The molecule has 21 heavy (non-hydrogen) atoms. The van der Waals surface area contributed by atoms with Gasteiger partial charge >= 0.3 is 12.0 Å². The highest BCUT2D eigenvalue weighted by molar-refractivity contribution is 5.85. The SMILES string of the molecule is NC(=O)CN(CC(=O)O)C(=O)NCCCC(=O)NC1CC1. The predicted molar refractivity (Wildman–Crippen MR) is 72.2 cm³/mol. The molecule has 0 atom stereocenters. The van der Waals surface area contributed by atoms with E-state index >= 15 is 0 Å². The average Bonchev–Trinajstić information content (AvgIpc) is 3.16. The van der Waals surface area contributed by atoms with Gasteiger partial charge in [0.1, 0.15) is 13.1 Å². The number of hydrogen-bond donors (Lipinski definition) is 4. The van der Waals surface area contributed by atoms with Gasteiger partial charge < -0.3 is 26.4 Å². The first-order valence-corrected chi connectivity index (χ1v) is 6.70. The number of nitrogens with one attached hydrogen (secondary N) is 2. The van der Waals surface area contributed by atoms with Gasteiger partial charge in [-0.05, 0) is 19.3 Å². The van der Waals surface area contributed by atoms with Gasteiger partial charge in [0.2, 0.25) is 11.8 Å². The first-order valence-electron chi connectivity index (χ1n) is 6.70. The van der Waals surface area contributed by atoms with Crippen molar-refractivity contribution in [3.63, 3.8) is 0 Å². The number of hydrogen-bond acceptors (Lipinski definition) is 4. The minimum Gasteiger partial charge on any atom is -0.480 e. The van der Waals surface area contributed by atoms with Crippen LogP contribution in [-0.2, 0) is 14.4 Å². The number of primary amides is 1. The number of carbonyl (C=O) groups excluding carboxylic acids is 3. The van der Waals surface area contributed by atoms with Gasteiger partial charge in [-0.25, -0.2) is 4.79 Å². The zero-order chi connectivity index (χ0) is 15.8. The van der Waals surface area contributed by atoms with Crippen molar-refractivity contribution < 1.29 is 24.3 Å². The quantitative estimate of drug-likeness (QED) is 0.388. The molecule has 0 bridgehead atoms. The molecule has 9 nitrogen and oxygen atoms in total. The van der Waals surface area contributed by atoms with E-state index in [0.717, 1.165) is 17.7 Å². The Labute approximate surface area is 121 Å². The van der Waals surface area contributed by atoms with E-state index in [1.165, 1.54) is 0 Å². The summed E-state index contributed by atoms with van der Waals surface area (Å²) in [7, 11) is 0. The first-order chi connectivity index (χ1) is 9.88. The van der Waals surface area contributed by atoms with Crippen molar-refractivity contribution in [3.8, 4) is 0 Å². The van der Waals surface area contributed by atoms with Crippen molar-refractivity contribution in [2.75, 3.05) is 19.6 Å². The molecule has 118 valence electrons. The van der Waals surface area contributed by atoms with Gasteiger partial charge in [-0.1, -0.05) is 0 Å². The van der Waals surface area contributed by atoms with Crippen molar-refractivity contribution in [1.29, 1.82) is 0 Å². The molecular weight excluding hydrogens is 280 g/mol. The lowest BCUT2D eigenvalue weighted by Gasteiger charge is -2.19. The van der Waals surface area contributed by atoms with Crippen LogP contribution in [0, 0.1) is 0 Å². The molecular formula is C12H20N4O5. The maximum Gasteiger partial charge on any atom is 0.323 e. The van der Waals surface area contributed by atoms with Crippen LogP contribution >= 0.6 is 0 Å². The Balaban J connectivity index is 2.23. The van der Waals surface area contributed by atoms with Crippen molar-refractivity contribution in [2.24, 2.45) is 5.73 Å². The van der Waals surface area contributed by atoms with Gasteiger partial charge in [0.25, 0.3) is 0 Å². The maximum absolute atomic E-state index is 11.7. The average molecular weight is 300 g/mol. The van der Waals surface area contributed by atoms with Crippen molar-refractivity contribution in [1.82, 2.24) is 15.5 Å². The summed E-state index contributed by atoms with van der Waals surface area (Å²) in [6.45, 7) is -0.872. The molecule has 0 unspecified atom stereocenters. The summed E-state index contributed by atoms with van der Waals surface area (Å²) < 4.78 is 0. The van der Waals surface area contributed by atoms with E-state index in [9.17, 15) is 19.2 Å². The van der Waals surface area contributed by atoms with E-state index in [4.69, 9.17) is 10.8 Å². The van der Waals surface area contributed by atoms with Crippen molar-refractivity contribution >= 4 is 23.8 Å². The Morgan fingerprint density at radius 2 is 1.86 bits per heavy atom. The third-order valence-corrected chi connectivity index (χ3v) is 2.76. The maximum atomic E-state index is 11.7. The highest BCUT2D eigenvalue weighted by Gasteiger charge is 2.23. The van der Waals surface area contributed by atoms with Crippen LogP contribution in [0.15, 0.2) is 0 Å². The van der Waals surface area contributed by atoms with Gasteiger partial charge in [-0.3, -0.25) is 14.4 Å². The molecule has 0 aromatic rings. The molecule has 1 aliphatic rings. The van der Waals surface area contributed by atoms with Gasteiger partial charge in [0.15, 0.2) is 0 Å². The Morgan fingerprint density at radius 1 is 1.19 bits per heavy atom. The molecule has 1 fully saturated rings. The van der Waals surface area contributed by atoms with E-state index in [1.807, 2.05) is 0 Å². The molecule has 1 saturated carbocycles. The lowest BCUT2D eigenvalue weighted by atomic mass is 10.3. The van der Waals surface area contributed by atoms with Crippen LogP contribution < -0.4 is 16.4 Å². The number of carboxylic acids is 1. The van der Waals surface area contributed by atoms with Crippen molar-refractivity contribution in [2.45, 2.75) is 31.7 Å². The standard InChI is InChI=1S/C12H20N4O5/c13-9(17)6-16(7-11(19)20)12(21)14-5-1-2-10(18)15-8-3-4-8/h8H,1-7H2,(H2,13,17)(H,14,21)(H,15,18)(H,19,20). The summed E-state index contributed by atoms with van der Waals surface area (Å²) in [6.07, 6.45) is 2.74. The molecule has 0 aromatic heterocycles. The Morgan fingerprint density at radius 3 is 2.38 bits per heavy atom. The number of aliphatic carboxylic acids is 1. The Hall–Kier alpha value is -2.32. The molecule has 0 heterocycles. The van der Waals surface area contributed by atoms with E-state index < -0.39 is 31.0 Å². The molecule has 1 aliphatic carbocycles. The molecule has 0 radical (unpaired) electrons. The third-order valence-electron chi connectivity index (χ3n) is 2.76. The number of carbonyl (C=O) groups is 4. The Bertz CT molecular complexity index is 406. The summed E-state index contributed by atoms with van der Waals surface area (Å²) in [5, 5.41) is 13.9. The lowest BCUT2D eigenvalue weighted by molar-refractivity contribution is -0.137. The molecule has 0 saturated heterocycles. The molecule has 9 heteroatoms. The normalized spacial score (nSPS) is 13.3. The number of rotatable bonds is 9. The van der Waals surface area contributed by atoms with Gasteiger partial charge in [0, 0.05) is 19.0 Å². The number of nitrogens with zero attached hydrogens (tertiary/aromatic N) is 1. The predicted octanol–water partition coefficient (Wildman–Crippen LogP) is -1.37. The lowest BCUT2D eigenvalue weighted by Crippen LogP contribution is -2.46. The zero-order valence-corrected chi connectivity index (χ0v) is 11.6. The van der Waals surface area contributed by atoms with E-state index in [1.54, 1.807) is 0 Å². The van der Waals surface area contributed by atoms with Gasteiger partial charge in [0.05, 0.1) is 0 Å². The van der Waals surface area contributed by atoms with E-state index in [0.29, 0.717) is 12.5 Å².